The molecule has 0 saturated carbocycles. The molecule has 180 valence electrons. The van der Waals surface area contributed by atoms with E-state index in [2.05, 4.69) is 5.32 Å². The molecule has 0 radical (unpaired) electrons. The summed E-state index contributed by atoms with van der Waals surface area (Å²) in [5.41, 5.74) is 2.49. The van der Waals surface area contributed by atoms with Crippen LogP contribution in [0.25, 0.3) is 6.08 Å². The number of hydrogen-bond donors (Lipinski definition) is 1. The molecule has 3 rings (SSSR count). The summed E-state index contributed by atoms with van der Waals surface area (Å²) in [6.45, 7) is 10.3. The van der Waals surface area contributed by atoms with Crippen LogP contribution in [0.2, 0.25) is 0 Å². The third-order valence-electron chi connectivity index (χ3n) is 5.42. The van der Waals surface area contributed by atoms with Crippen LogP contribution in [0.15, 0.2) is 35.9 Å². The van der Waals surface area contributed by atoms with E-state index in [4.69, 9.17) is 14.2 Å². The summed E-state index contributed by atoms with van der Waals surface area (Å²) < 4.78 is 16.7. The van der Waals surface area contributed by atoms with Gasteiger partial charge in [0.25, 0.3) is 11.8 Å². The van der Waals surface area contributed by atoms with Gasteiger partial charge in [-0.1, -0.05) is 13.8 Å². The van der Waals surface area contributed by atoms with E-state index in [0.29, 0.717) is 30.3 Å². The third-order valence-corrected chi connectivity index (χ3v) is 5.42. The van der Waals surface area contributed by atoms with Gasteiger partial charge in [0.2, 0.25) is 0 Å². The number of ether oxygens (including phenoxy) is 3. The fourth-order valence-corrected chi connectivity index (χ4v) is 3.74. The second kappa shape index (κ2) is 10.4. The lowest BCUT2D eigenvalue weighted by atomic mass is 9.95. The Hall–Kier alpha value is -3.81. The Balaban J connectivity index is 2.12. The molecule has 0 aliphatic carbocycles. The van der Waals surface area contributed by atoms with Gasteiger partial charge in [0, 0.05) is 6.07 Å². The van der Waals surface area contributed by atoms with Crippen molar-refractivity contribution in [3.63, 3.8) is 0 Å². The van der Waals surface area contributed by atoms with Gasteiger partial charge in [-0.2, -0.15) is 0 Å². The molecule has 0 spiro atoms. The number of nitrogens with one attached hydrogen (secondary N) is 1. The number of urea groups is 1. The quantitative estimate of drug-likeness (QED) is 0.452. The summed E-state index contributed by atoms with van der Waals surface area (Å²) in [6.07, 6.45) is 1.50. The largest absolute Gasteiger partial charge is 0.496 e. The average Bonchev–Trinajstić information content (AvgIpc) is 2.78. The number of benzene rings is 2. The van der Waals surface area contributed by atoms with Gasteiger partial charge in [-0.15, -0.1) is 0 Å². The topological polar surface area (TPSA) is 94.2 Å². The van der Waals surface area contributed by atoms with E-state index in [1.54, 1.807) is 32.2 Å². The van der Waals surface area contributed by atoms with Crippen LogP contribution in [0.3, 0.4) is 0 Å². The van der Waals surface area contributed by atoms with E-state index < -0.39 is 17.8 Å². The first-order valence-electron chi connectivity index (χ1n) is 11.2. The Morgan fingerprint density at radius 3 is 2.32 bits per heavy atom. The minimum atomic E-state index is -0.851. The van der Waals surface area contributed by atoms with E-state index in [0.717, 1.165) is 21.8 Å². The van der Waals surface area contributed by atoms with Gasteiger partial charge in [0.05, 0.1) is 26.0 Å². The molecule has 8 nitrogen and oxygen atoms in total. The van der Waals surface area contributed by atoms with Gasteiger partial charge in [-0.25, -0.2) is 9.69 Å². The summed E-state index contributed by atoms with van der Waals surface area (Å²) >= 11 is 0. The predicted molar refractivity (Wildman–Crippen MR) is 130 cm³/mol. The number of hydrogen-bond acceptors (Lipinski definition) is 6. The molecule has 1 aliphatic rings. The van der Waals surface area contributed by atoms with E-state index >= 15 is 0 Å². The van der Waals surface area contributed by atoms with Crippen molar-refractivity contribution >= 4 is 29.6 Å². The van der Waals surface area contributed by atoms with Crippen LogP contribution in [0.1, 0.15) is 50.3 Å². The van der Waals surface area contributed by atoms with Crippen molar-refractivity contribution in [2.24, 2.45) is 0 Å². The molecule has 2 aromatic rings. The molecule has 0 aromatic heterocycles. The van der Waals surface area contributed by atoms with Crippen molar-refractivity contribution in [2.75, 3.05) is 25.2 Å². The highest BCUT2D eigenvalue weighted by atomic mass is 16.5. The first kappa shape index (κ1) is 24.8. The van der Waals surface area contributed by atoms with Gasteiger partial charge >= 0.3 is 6.03 Å². The Morgan fingerprint density at radius 1 is 1.00 bits per heavy atom. The van der Waals surface area contributed by atoms with Crippen molar-refractivity contribution in [1.82, 2.24) is 5.32 Å². The van der Waals surface area contributed by atoms with Gasteiger partial charge in [0.15, 0.2) is 0 Å². The molecule has 1 saturated heterocycles. The lowest BCUT2D eigenvalue weighted by molar-refractivity contribution is -0.122. The molecule has 1 fully saturated rings. The SMILES string of the molecule is CCOc1ccc(OCC)c(N2C(=O)NC(=O)/C(=C\c3cc(C(C)C)c(OC)cc3C)C2=O)c1. The Morgan fingerprint density at radius 2 is 1.71 bits per heavy atom. The lowest BCUT2D eigenvalue weighted by Gasteiger charge is -2.28. The van der Waals surface area contributed by atoms with Crippen molar-refractivity contribution < 1.29 is 28.6 Å². The zero-order valence-corrected chi connectivity index (χ0v) is 20.4. The molecule has 34 heavy (non-hydrogen) atoms. The molecule has 2 aromatic carbocycles. The van der Waals surface area contributed by atoms with Crippen molar-refractivity contribution in [1.29, 1.82) is 0 Å². The fraction of sp³-hybridized carbons (Fsp3) is 0.346. The monoisotopic (exact) mass is 466 g/mol. The van der Waals surface area contributed by atoms with Crippen LogP contribution in [-0.4, -0.2) is 38.2 Å². The fourth-order valence-electron chi connectivity index (χ4n) is 3.74. The summed E-state index contributed by atoms with van der Waals surface area (Å²) in [4.78, 5) is 39.9. The summed E-state index contributed by atoms with van der Waals surface area (Å²) in [7, 11) is 1.60. The van der Waals surface area contributed by atoms with E-state index in [-0.39, 0.29) is 17.2 Å². The number of carbonyl (C=O) groups excluding carboxylic acids is 3. The molecule has 1 N–H and O–H groups in total. The molecule has 4 amide bonds. The molecular formula is C26H30N2O6. The van der Waals surface area contributed by atoms with Crippen LogP contribution in [-0.2, 0) is 9.59 Å². The van der Waals surface area contributed by atoms with Crippen LogP contribution >= 0.6 is 0 Å². The highest BCUT2D eigenvalue weighted by Crippen LogP contribution is 2.36. The van der Waals surface area contributed by atoms with E-state index in [9.17, 15) is 14.4 Å². The van der Waals surface area contributed by atoms with E-state index in [1.165, 1.54) is 6.08 Å². The molecule has 1 aliphatic heterocycles. The minimum Gasteiger partial charge on any atom is -0.496 e. The van der Waals surface area contributed by atoms with Crippen LogP contribution in [0.4, 0.5) is 10.5 Å². The number of imide groups is 2. The number of aryl methyl sites for hydroxylation is 1. The normalized spacial score (nSPS) is 15.1. The second-order valence-corrected chi connectivity index (χ2v) is 8.06. The molecule has 0 bridgehead atoms. The summed E-state index contributed by atoms with van der Waals surface area (Å²) in [5, 5.41) is 2.27. The molecule has 1 heterocycles. The number of barbiturate groups is 1. The predicted octanol–water partition coefficient (Wildman–Crippen LogP) is 4.59. The summed E-state index contributed by atoms with van der Waals surface area (Å²) in [6, 6.07) is 7.79. The lowest BCUT2D eigenvalue weighted by Crippen LogP contribution is -2.54. The Kier molecular flexibility index (Phi) is 7.61. The number of nitrogens with zero attached hydrogens (tertiary/aromatic N) is 1. The zero-order chi connectivity index (χ0) is 25.0. The van der Waals surface area contributed by atoms with Crippen molar-refractivity contribution in [3.05, 3.63) is 52.6 Å². The van der Waals surface area contributed by atoms with Gasteiger partial charge < -0.3 is 14.2 Å². The molecule has 0 unspecified atom stereocenters. The maximum atomic E-state index is 13.5. The van der Waals surface area contributed by atoms with Crippen molar-refractivity contribution in [3.8, 4) is 17.2 Å². The number of methoxy groups -OCH3 is 1. The minimum absolute atomic E-state index is 0.160. The molecule has 0 atom stereocenters. The highest BCUT2D eigenvalue weighted by molar-refractivity contribution is 6.39. The zero-order valence-electron chi connectivity index (χ0n) is 20.4. The van der Waals surface area contributed by atoms with Crippen molar-refractivity contribution in [2.45, 2.75) is 40.5 Å². The molecule has 8 heteroatoms. The van der Waals surface area contributed by atoms with E-state index in [1.807, 2.05) is 39.8 Å². The number of rotatable bonds is 8. The van der Waals surface area contributed by atoms with Crippen LogP contribution < -0.4 is 24.4 Å². The average molecular weight is 467 g/mol. The number of anilines is 1. The smallest absolute Gasteiger partial charge is 0.336 e. The number of amides is 4. The molecular weight excluding hydrogens is 436 g/mol. The maximum Gasteiger partial charge on any atom is 0.336 e. The van der Waals surface area contributed by atoms with Gasteiger partial charge in [0.1, 0.15) is 22.8 Å². The van der Waals surface area contributed by atoms with Gasteiger partial charge in [-0.05, 0) is 73.7 Å². The second-order valence-electron chi connectivity index (χ2n) is 8.06. The third kappa shape index (κ3) is 4.90. The van der Waals surface area contributed by atoms with Crippen LogP contribution in [0, 0.1) is 6.92 Å². The first-order chi connectivity index (χ1) is 16.2. The first-order valence-corrected chi connectivity index (χ1v) is 11.2. The summed E-state index contributed by atoms with van der Waals surface area (Å²) in [5.74, 6) is 0.190. The standard InChI is InChI=1S/C26H30N2O6/c1-7-33-18-9-10-22(34-8-2)21(14-18)28-25(30)20(24(29)27-26(28)31)13-17-12-19(15(3)4)23(32-6)11-16(17)5/h9-15H,7-8H2,1-6H3,(H,27,29,31)/b20-13+. The Bertz CT molecular complexity index is 1150. The highest BCUT2D eigenvalue weighted by Gasteiger charge is 2.38. The van der Waals surface area contributed by atoms with Gasteiger partial charge in [-0.3, -0.25) is 14.9 Å². The number of carbonyl (C=O) groups is 3. The Labute approximate surface area is 199 Å². The maximum absolute atomic E-state index is 13.5. The van der Waals surface area contributed by atoms with Crippen LogP contribution in [0.5, 0.6) is 17.2 Å².